The van der Waals surface area contributed by atoms with Crippen LogP contribution < -0.4 is 0 Å². The molecule has 4 rings (SSSR count). The van der Waals surface area contributed by atoms with Crippen LogP contribution in [0.15, 0.2) is 52.9 Å². The molecule has 2 heterocycles. The number of fused-ring (bicyclic) bond motifs is 2. The van der Waals surface area contributed by atoms with Gasteiger partial charge in [-0.05, 0) is 31.2 Å². The Morgan fingerprint density at radius 3 is 2.35 bits per heavy atom. The number of hydrogen-bond acceptors (Lipinski definition) is 7. The highest BCUT2D eigenvalue weighted by atomic mass is 32.2. The molecule has 0 radical (unpaired) electrons. The van der Waals surface area contributed by atoms with Crippen molar-refractivity contribution in [2.45, 2.75) is 16.5 Å². The van der Waals surface area contributed by atoms with E-state index in [0.717, 1.165) is 14.6 Å². The highest BCUT2D eigenvalue weighted by molar-refractivity contribution is 8.02. The summed E-state index contributed by atoms with van der Waals surface area (Å²) in [5, 5.41) is -0.0949. The Hall–Kier alpha value is -2.71. The third-order valence-electron chi connectivity index (χ3n) is 3.82. The topological polar surface area (TPSA) is 76.6 Å². The number of hydrogen-bond donors (Lipinski definition) is 0. The van der Waals surface area contributed by atoms with Gasteiger partial charge in [-0.25, -0.2) is 9.78 Å². The summed E-state index contributed by atoms with van der Waals surface area (Å²) in [5.41, 5.74) is 1.33. The molecule has 1 aliphatic rings. The number of carbonyl (C=O) groups is 3. The summed E-state index contributed by atoms with van der Waals surface area (Å²) in [6.45, 7) is 1.65. The van der Waals surface area contributed by atoms with Gasteiger partial charge in [0.05, 0.1) is 21.3 Å². The molecule has 0 fully saturated rings. The van der Waals surface area contributed by atoms with Crippen LogP contribution in [0.4, 0.5) is 0 Å². The molecule has 0 saturated carbocycles. The lowest BCUT2D eigenvalue weighted by molar-refractivity contribution is -0.167. The standard InChI is InChI=1S/C18H12N2O4S2/c1-10(25-18-19-13-8-4-5-9-14(13)26-18)17(23)24-20-15(21)11-6-2-3-7-12(11)16(20)22/h2-10H,1H3. The van der Waals surface area contributed by atoms with Crippen LogP contribution in [-0.2, 0) is 9.63 Å². The lowest BCUT2D eigenvalue weighted by Gasteiger charge is -2.15. The van der Waals surface area contributed by atoms with E-state index in [0.29, 0.717) is 5.06 Å². The second kappa shape index (κ2) is 6.54. The number of thioether (sulfide) groups is 1. The summed E-state index contributed by atoms with van der Waals surface area (Å²) in [4.78, 5) is 46.4. The van der Waals surface area contributed by atoms with Gasteiger partial charge >= 0.3 is 5.97 Å². The molecular weight excluding hydrogens is 372 g/mol. The van der Waals surface area contributed by atoms with Gasteiger partial charge in [-0.15, -0.1) is 11.3 Å². The molecule has 0 saturated heterocycles. The van der Waals surface area contributed by atoms with E-state index in [9.17, 15) is 14.4 Å². The number of para-hydroxylation sites is 1. The molecule has 1 unspecified atom stereocenters. The maximum atomic E-state index is 12.3. The van der Waals surface area contributed by atoms with Crippen molar-refractivity contribution in [1.29, 1.82) is 0 Å². The number of aromatic nitrogens is 1. The smallest absolute Gasteiger partial charge is 0.328 e. The number of imide groups is 1. The van der Waals surface area contributed by atoms with E-state index in [1.54, 1.807) is 19.1 Å². The van der Waals surface area contributed by atoms with Crippen LogP contribution in [0.5, 0.6) is 0 Å². The molecule has 0 N–H and O–H groups in total. The monoisotopic (exact) mass is 384 g/mol. The molecule has 2 aromatic carbocycles. The second-order valence-electron chi connectivity index (χ2n) is 5.57. The third kappa shape index (κ3) is 2.87. The average Bonchev–Trinajstić information content (AvgIpc) is 3.16. The maximum Gasteiger partial charge on any atom is 0.346 e. The van der Waals surface area contributed by atoms with Gasteiger partial charge in [0.1, 0.15) is 5.25 Å². The van der Waals surface area contributed by atoms with Gasteiger partial charge in [0.15, 0.2) is 4.34 Å². The molecule has 3 aromatic rings. The van der Waals surface area contributed by atoms with Crippen LogP contribution in [0.3, 0.4) is 0 Å². The zero-order chi connectivity index (χ0) is 18.3. The minimum atomic E-state index is -0.677. The van der Waals surface area contributed by atoms with E-state index in [4.69, 9.17) is 4.84 Å². The predicted octanol–water partition coefficient (Wildman–Crippen LogP) is 3.53. The van der Waals surface area contributed by atoms with Gasteiger partial charge in [0.2, 0.25) is 0 Å². The van der Waals surface area contributed by atoms with Crippen molar-refractivity contribution < 1.29 is 19.2 Å². The number of nitrogens with zero attached hydrogens (tertiary/aromatic N) is 2. The van der Waals surface area contributed by atoms with Gasteiger partial charge < -0.3 is 4.84 Å². The molecule has 0 bridgehead atoms. The molecule has 6 nitrogen and oxygen atoms in total. The summed E-state index contributed by atoms with van der Waals surface area (Å²) >= 11 is 2.70. The van der Waals surface area contributed by atoms with Crippen LogP contribution in [0.25, 0.3) is 10.2 Å². The molecule has 1 atom stereocenters. The van der Waals surface area contributed by atoms with Crippen LogP contribution in [-0.4, -0.2) is 33.1 Å². The van der Waals surface area contributed by atoms with Gasteiger partial charge in [0, 0.05) is 0 Å². The number of amides is 2. The fourth-order valence-corrected chi connectivity index (χ4v) is 4.70. The van der Waals surface area contributed by atoms with Crippen LogP contribution in [0.1, 0.15) is 27.6 Å². The van der Waals surface area contributed by atoms with Crippen molar-refractivity contribution in [3.63, 3.8) is 0 Å². The molecule has 2 amide bonds. The first kappa shape index (κ1) is 16.7. The first-order valence-corrected chi connectivity index (χ1v) is 9.46. The molecule has 1 aliphatic heterocycles. The number of benzene rings is 2. The van der Waals surface area contributed by atoms with Gasteiger partial charge in [0.25, 0.3) is 11.8 Å². The van der Waals surface area contributed by atoms with Crippen LogP contribution in [0, 0.1) is 0 Å². The Morgan fingerprint density at radius 2 is 1.69 bits per heavy atom. The minimum Gasteiger partial charge on any atom is -0.328 e. The molecule has 0 spiro atoms. The first-order chi connectivity index (χ1) is 12.5. The SMILES string of the molecule is CC(Sc1nc2ccccc2s1)C(=O)ON1C(=O)c2ccccc2C1=O. The summed E-state index contributed by atoms with van der Waals surface area (Å²) < 4.78 is 1.74. The van der Waals surface area contributed by atoms with Gasteiger partial charge in [-0.1, -0.05) is 41.1 Å². The molecule has 8 heteroatoms. The second-order valence-corrected chi connectivity index (χ2v) is 8.19. The van der Waals surface area contributed by atoms with E-state index in [-0.39, 0.29) is 11.1 Å². The predicted molar refractivity (Wildman–Crippen MR) is 98.0 cm³/mol. The van der Waals surface area contributed by atoms with Gasteiger partial charge in [-0.2, -0.15) is 0 Å². The number of carbonyl (C=O) groups excluding carboxylic acids is 3. The molecular formula is C18H12N2O4S2. The van der Waals surface area contributed by atoms with Crippen LogP contribution >= 0.6 is 23.1 Å². The third-order valence-corrected chi connectivity index (χ3v) is 6.03. The fourth-order valence-electron chi connectivity index (χ4n) is 2.52. The summed E-state index contributed by atoms with van der Waals surface area (Å²) in [5.74, 6) is -1.93. The van der Waals surface area contributed by atoms with E-state index < -0.39 is 23.0 Å². The van der Waals surface area contributed by atoms with E-state index in [1.807, 2.05) is 24.3 Å². The van der Waals surface area contributed by atoms with Crippen molar-refractivity contribution in [1.82, 2.24) is 10.0 Å². The minimum absolute atomic E-state index is 0.233. The zero-order valence-corrected chi connectivity index (χ0v) is 15.2. The maximum absolute atomic E-state index is 12.3. The molecule has 1 aromatic heterocycles. The van der Waals surface area contributed by atoms with Crippen LogP contribution in [0.2, 0.25) is 0 Å². The molecule has 26 heavy (non-hydrogen) atoms. The Bertz CT molecular complexity index is 978. The number of hydroxylamine groups is 2. The number of thiazole rings is 1. The van der Waals surface area contributed by atoms with Gasteiger partial charge in [-0.3, -0.25) is 9.59 Å². The Balaban J connectivity index is 1.46. The Morgan fingerprint density at radius 1 is 1.08 bits per heavy atom. The fraction of sp³-hybridized carbons (Fsp3) is 0.111. The van der Waals surface area contributed by atoms with Crippen molar-refractivity contribution in [2.24, 2.45) is 0 Å². The zero-order valence-electron chi connectivity index (χ0n) is 13.5. The first-order valence-electron chi connectivity index (χ1n) is 7.76. The largest absolute Gasteiger partial charge is 0.346 e. The molecule has 0 aliphatic carbocycles. The quantitative estimate of drug-likeness (QED) is 0.506. The van der Waals surface area contributed by atoms with E-state index >= 15 is 0 Å². The van der Waals surface area contributed by atoms with Crippen molar-refractivity contribution >= 4 is 51.1 Å². The van der Waals surface area contributed by atoms with Crippen molar-refractivity contribution in [2.75, 3.05) is 0 Å². The van der Waals surface area contributed by atoms with E-state index in [2.05, 4.69) is 4.98 Å². The Kier molecular flexibility index (Phi) is 4.21. The lowest BCUT2D eigenvalue weighted by atomic mass is 10.1. The van der Waals surface area contributed by atoms with Crippen molar-refractivity contribution in [3.8, 4) is 0 Å². The lowest BCUT2D eigenvalue weighted by Crippen LogP contribution is -2.35. The highest BCUT2D eigenvalue weighted by Crippen LogP contribution is 2.32. The van der Waals surface area contributed by atoms with Crippen molar-refractivity contribution in [3.05, 3.63) is 59.7 Å². The highest BCUT2D eigenvalue weighted by Gasteiger charge is 2.39. The summed E-state index contributed by atoms with van der Waals surface area (Å²) in [6.07, 6.45) is 0. The average molecular weight is 384 g/mol. The van der Waals surface area contributed by atoms with E-state index in [1.165, 1.54) is 35.2 Å². The molecule has 130 valence electrons. The summed E-state index contributed by atoms with van der Waals surface area (Å²) in [6, 6.07) is 14.1. The Labute approximate surface area is 156 Å². The summed E-state index contributed by atoms with van der Waals surface area (Å²) in [7, 11) is 0. The number of rotatable bonds is 4. The normalized spacial score (nSPS) is 14.6.